The molecule has 4 nitrogen and oxygen atoms in total. The lowest BCUT2D eigenvalue weighted by Crippen LogP contribution is -2.17. The largest absolute Gasteiger partial charge is 0.573 e. The van der Waals surface area contributed by atoms with Crippen molar-refractivity contribution in [2.75, 3.05) is 6.61 Å². The second kappa shape index (κ2) is 7.09. The van der Waals surface area contributed by atoms with E-state index in [4.69, 9.17) is 0 Å². The second-order valence-corrected chi connectivity index (χ2v) is 3.68. The van der Waals surface area contributed by atoms with E-state index in [9.17, 15) is 26.7 Å². The van der Waals surface area contributed by atoms with Crippen molar-refractivity contribution in [2.45, 2.75) is 26.3 Å². The predicted octanol–water partition coefficient (Wildman–Crippen LogP) is 3.29. The average molecular weight is 314 g/mol. The van der Waals surface area contributed by atoms with Crippen LogP contribution in [-0.4, -0.2) is 25.6 Å². The summed E-state index contributed by atoms with van der Waals surface area (Å²) in [5, 5.41) is 0. The van der Waals surface area contributed by atoms with Crippen molar-refractivity contribution in [1.29, 1.82) is 0 Å². The standard InChI is InChI=1S/C12H11F5O4/c1-2-19-10(18)5-7-3-4-8(21-12(15,16)17)6-9(7)20-11(13)14/h3-4,6,11H,2,5H2,1H3. The molecule has 0 radical (unpaired) electrons. The summed E-state index contributed by atoms with van der Waals surface area (Å²) in [6.45, 7) is -1.62. The van der Waals surface area contributed by atoms with Crippen LogP contribution in [0.1, 0.15) is 12.5 Å². The topological polar surface area (TPSA) is 44.8 Å². The third kappa shape index (κ3) is 6.28. The summed E-state index contributed by atoms with van der Waals surface area (Å²) in [6.07, 6.45) is -5.38. The Morgan fingerprint density at radius 3 is 2.48 bits per heavy atom. The van der Waals surface area contributed by atoms with Crippen molar-refractivity contribution in [3.63, 3.8) is 0 Å². The first-order valence-electron chi connectivity index (χ1n) is 5.70. The first-order valence-corrected chi connectivity index (χ1v) is 5.70. The number of hydrogen-bond donors (Lipinski definition) is 0. The lowest BCUT2D eigenvalue weighted by molar-refractivity contribution is -0.274. The predicted molar refractivity (Wildman–Crippen MR) is 60.1 cm³/mol. The summed E-state index contributed by atoms with van der Waals surface area (Å²) in [5.74, 6) is -2.04. The lowest BCUT2D eigenvalue weighted by Gasteiger charge is -2.14. The quantitative estimate of drug-likeness (QED) is 0.597. The molecule has 0 heterocycles. The Balaban J connectivity index is 2.98. The number of carbonyl (C=O) groups is 1. The maximum absolute atomic E-state index is 12.3. The first kappa shape index (κ1) is 17.0. The molecule has 0 atom stereocenters. The molecule has 0 aliphatic rings. The van der Waals surface area contributed by atoms with Gasteiger partial charge >= 0.3 is 18.9 Å². The van der Waals surface area contributed by atoms with Gasteiger partial charge in [0.05, 0.1) is 13.0 Å². The molecule has 0 amide bonds. The fourth-order valence-corrected chi connectivity index (χ4v) is 1.45. The highest BCUT2D eigenvalue weighted by Gasteiger charge is 2.31. The highest BCUT2D eigenvalue weighted by molar-refractivity contribution is 5.73. The van der Waals surface area contributed by atoms with Crippen molar-refractivity contribution in [3.8, 4) is 11.5 Å². The average Bonchev–Trinajstić information content (AvgIpc) is 2.30. The minimum Gasteiger partial charge on any atom is -0.466 e. The third-order valence-electron chi connectivity index (χ3n) is 2.13. The Morgan fingerprint density at radius 1 is 1.29 bits per heavy atom. The molecule has 0 unspecified atom stereocenters. The van der Waals surface area contributed by atoms with Crippen LogP contribution in [0.5, 0.6) is 11.5 Å². The first-order chi connectivity index (χ1) is 9.71. The molecule has 0 aliphatic carbocycles. The maximum Gasteiger partial charge on any atom is 0.573 e. The summed E-state index contributed by atoms with van der Waals surface area (Å²) in [5.41, 5.74) is -0.0386. The van der Waals surface area contributed by atoms with Crippen LogP contribution in [-0.2, 0) is 16.0 Å². The molecule has 0 aliphatic heterocycles. The molecule has 1 aromatic carbocycles. The molecule has 0 fully saturated rings. The van der Waals surface area contributed by atoms with E-state index in [1.807, 2.05) is 0 Å². The molecule has 0 spiro atoms. The molecule has 1 rings (SSSR count). The molecule has 9 heteroatoms. The Bertz CT molecular complexity index is 487. The number of halogens is 5. The number of rotatable bonds is 6. The van der Waals surface area contributed by atoms with Gasteiger partial charge in [0, 0.05) is 11.6 Å². The third-order valence-corrected chi connectivity index (χ3v) is 2.13. The van der Waals surface area contributed by atoms with Crippen LogP contribution in [0.15, 0.2) is 18.2 Å². The highest BCUT2D eigenvalue weighted by Crippen LogP contribution is 2.30. The Hall–Kier alpha value is -2.06. The van der Waals surface area contributed by atoms with Gasteiger partial charge in [-0.25, -0.2) is 0 Å². The van der Waals surface area contributed by atoms with Crippen LogP contribution in [0.2, 0.25) is 0 Å². The second-order valence-electron chi connectivity index (χ2n) is 3.68. The van der Waals surface area contributed by atoms with Crippen LogP contribution in [0.3, 0.4) is 0 Å². The summed E-state index contributed by atoms with van der Waals surface area (Å²) >= 11 is 0. The van der Waals surface area contributed by atoms with Crippen molar-refractivity contribution < 1.29 is 41.0 Å². The van der Waals surface area contributed by atoms with Gasteiger partial charge in [-0.1, -0.05) is 6.07 Å². The molecular formula is C12H11F5O4. The number of benzene rings is 1. The molecule has 118 valence electrons. The van der Waals surface area contributed by atoms with Gasteiger partial charge in [-0.3, -0.25) is 4.79 Å². The molecule has 0 aromatic heterocycles. The van der Waals surface area contributed by atoms with E-state index in [-0.39, 0.29) is 12.2 Å². The number of carbonyl (C=O) groups excluding carboxylic acids is 1. The highest BCUT2D eigenvalue weighted by atomic mass is 19.4. The molecular weight excluding hydrogens is 303 g/mol. The molecule has 0 saturated heterocycles. The fourth-order valence-electron chi connectivity index (χ4n) is 1.45. The van der Waals surface area contributed by atoms with E-state index in [1.54, 1.807) is 6.92 Å². The van der Waals surface area contributed by atoms with Crippen LogP contribution in [0.4, 0.5) is 22.0 Å². The Morgan fingerprint density at radius 2 is 1.95 bits per heavy atom. The smallest absolute Gasteiger partial charge is 0.466 e. The molecule has 0 bridgehead atoms. The number of esters is 1. The summed E-state index contributed by atoms with van der Waals surface area (Å²) in [7, 11) is 0. The number of alkyl halides is 5. The van der Waals surface area contributed by atoms with Crippen LogP contribution in [0, 0.1) is 0 Å². The van der Waals surface area contributed by atoms with E-state index in [0.29, 0.717) is 6.07 Å². The van der Waals surface area contributed by atoms with Crippen LogP contribution in [0.25, 0.3) is 0 Å². The van der Waals surface area contributed by atoms with Crippen LogP contribution >= 0.6 is 0 Å². The Kier molecular flexibility index (Phi) is 5.74. The van der Waals surface area contributed by atoms with Gasteiger partial charge in [-0.15, -0.1) is 13.2 Å². The maximum atomic E-state index is 12.3. The van der Waals surface area contributed by atoms with E-state index in [2.05, 4.69) is 14.2 Å². The molecule has 1 aromatic rings. The van der Waals surface area contributed by atoms with Gasteiger partial charge in [0.2, 0.25) is 0 Å². The van der Waals surface area contributed by atoms with Gasteiger partial charge in [0.1, 0.15) is 11.5 Å². The normalized spacial score (nSPS) is 11.4. The van der Waals surface area contributed by atoms with Gasteiger partial charge in [-0.05, 0) is 13.0 Å². The zero-order valence-corrected chi connectivity index (χ0v) is 10.7. The van der Waals surface area contributed by atoms with E-state index in [0.717, 1.165) is 12.1 Å². The number of ether oxygens (including phenoxy) is 3. The van der Waals surface area contributed by atoms with Gasteiger partial charge < -0.3 is 14.2 Å². The van der Waals surface area contributed by atoms with Crippen molar-refractivity contribution in [3.05, 3.63) is 23.8 Å². The van der Waals surface area contributed by atoms with Crippen LogP contribution < -0.4 is 9.47 Å². The van der Waals surface area contributed by atoms with Gasteiger partial charge in [-0.2, -0.15) is 8.78 Å². The van der Waals surface area contributed by atoms with Crippen molar-refractivity contribution >= 4 is 5.97 Å². The zero-order valence-electron chi connectivity index (χ0n) is 10.7. The SMILES string of the molecule is CCOC(=O)Cc1ccc(OC(F)(F)F)cc1OC(F)F. The fraction of sp³-hybridized carbons (Fsp3) is 0.417. The summed E-state index contributed by atoms with van der Waals surface area (Å²) in [6, 6.07) is 2.55. The molecule has 0 saturated carbocycles. The minimum absolute atomic E-state index is 0.0386. The van der Waals surface area contributed by atoms with E-state index >= 15 is 0 Å². The van der Waals surface area contributed by atoms with Crippen molar-refractivity contribution in [1.82, 2.24) is 0 Å². The van der Waals surface area contributed by atoms with Gasteiger partial charge in [0.25, 0.3) is 0 Å². The monoisotopic (exact) mass is 314 g/mol. The van der Waals surface area contributed by atoms with Gasteiger partial charge in [0.15, 0.2) is 0 Å². The zero-order chi connectivity index (χ0) is 16.0. The molecule has 0 N–H and O–H groups in total. The minimum atomic E-state index is -4.97. The van der Waals surface area contributed by atoms with E-state index < -0.39 is 36.9 Å². The lowest BCUT2D eigenvalue weighted by atomic mass is 10.1. The summed E-state index contributed by atoms with van der Waals surface area (Å²) in [4.78, 5) is 11.3. The van der Waals surface area contributed by atoms with E-state index in [1.165, 1.54) is 0 Å². The van der Waals surface area contributed by atoms with Crippen molar-refractivity contribution in [2.24, 2.45) is 0 Å². The Labute approximate surface area is 116 Å². The number of hydrogen-bond acceptors (Lipinski definition) is 4. The molecule has 21 heavy (non-hydrogen) atoms. The summed E-state index contributed by atoms with van der Waals surface area (Å²) < 4.78 is 73.0.